The predicted octanol–water partition coefficient (Wildman–Crippen LogP) is 2.81. The van der Waals surface area contributed by atoms with Crippen molar-refractivity contribution in [2.75, 3.05) is 0 Å². The van der Waals surface area contributed by atoms with E-state index in [2.05, 4.69) is 0 Å². The van der Waals surface area contributed by atoms with Gasteiger partial charge < -0.3 is 10.2 Å². The van der Waals surface area contributed by atoms with Crippen molar-refractivity contribution in [3.8, 4) is 0 Å². The van der Waals surface area contributed by atoms with Gasteiger partial charge in [0.15, 0.2) is 0 Å². The van der Waals surface area contributed by atoms with Crippen LogP contribution >= 0.6 is 11.6 Å². The Bertz CT molecular complexity index is 613. The van der Waals surface area contributed by atoms with Crippen LogP contribution in [-0.2, 0) is 15.0 Å². The van der Waals surface area contributed by atoms with Crippen molar-refractivity contribution in [1.29, 1.82) is 0 Å². The molecule has 0 saturated heterocycles. The molecule has 0 fully saturated rings. The summed E-state index contributed by atoms with van der Waals surface area (Å²) in [7, 11) is 0. The van der Waals surface area contributed by atoms with Gasteiger partial charge in [0.2, 0.25) is 0 Å². The second-order valence-corrected chi connectivity index (χ2v) is 5.78. The zero-order chi connectivity index (χ0) is 15.8. The summed E-state index contributed by atoms with van der Waals surface area (Å²) >= 11 is 6.30. The summed E-state index contributed by atoms with van der Waals surface area (Å²) in [5, 5.41) is 17.9. The normalized spacial score (nSPS) is 31.9. The van der Waals surface area contributed by atoms with E-state index in [0.29, 0.717) is 0 Å². The van der Waals surface area contributed by atoms with Crippen LogP contribution in [0.15, 0.2) is 36.4 Å². The fourth-order valence-electron chi connectivity index (χ4n) is 2.70. The minimum absolute atomic E-state index is 0.0466. The van der Waals surface area contributed by atoms with Gasteiger partial charge in [-0.25, -0.2) is 4.39 Å². The van der Waals surface area contributed by atoms with Gasteiger partial charge in [-0.3, -0.25) is 9.59 Å². The third-order valence-corrected chi connectivity index (χ3v) is 4.89. The van der Waals surface area contributed by atoms with E-state index in [1.54, 1.807) is 0 Å². The third kappa shape index (κ3) is 2.21. The van der Waals surface area contributed by atoms with Crippen LogP contribution in [0.25, 0.3) is 0 Å². The summed E-state index contributed by atoms with van der Waals surface area (Å²) < 4.78 is 13.1. The Morgan fingerprint density at radius 2 is 1.81 bits per heavy atom. The van der Waals surface area contributed by atoms with E-state index in [4.69, 9.17) is 11.6 Å². The number of carboxylic acid groups (broad SMARTS) is 2. The number of hydrogen-bond acceptors (Lipinski definition) is 2. The van der Waals surface area contributed by atoms with Gasteiger partial charge in [-0.05, 0) is 31.0 Å². The zero-order valence-corrected chi connectivity index (χ0v) is 12.0. The van der Waals surface area contributed by atoms with Gasteiger partial charge in [-0.2, -0.15) is 0 Å². The van der Waals surface area contributed by atoms with Gasteiger partial charge in [0.25, 0.3) is 0 Å². The van der Waals surface area contributed by atoms with Crippen LogP contribution in [0.4, 0.5) is 4.39 Å². The van der Waals surface area contributed by atoms with Crippen molar-refractivity contribution < 1.29 is 24.2 Å². The Kier molecular flexibility index (Phi) is 3.80. The van der Waals surface area contributed by atoms with E-state index < -0.39 is 34.0 Å². The number of carbonyl (C=O) groups is 2. The summed E-state index contributed by atoms with van der Waals surface area (Å²) in [6.07, 6.45) is 2.97. The second kappa shape index (κ2) is 5.15. The Morgan fingerprint density at radius 3 is 2.29 bits per heavy atom. The van der Waals surface area contributed by atoms with Crippen molar-refractivity contribution in [2.24, 2.45) is 5.41 Å². The van der Waals surface area contributed by atoms with Crippen LogP contribution in [0.1, 0.15) is 18.9 Å². The number of allylic oxidation sites excluding steroid dienone is 1. The monoisotopic (exact) mass is 312 g/mol. The molecule has 4 nitrogen and oxygen atoms in total. The molecule has 2 rings (SSSR count). The second-order valence-electron chi connectivity index (χ2n) is 5.34. The lowest BCUT2D eigenvalue weighted by Gasteiger charge is -2.43. The molecule has 1 aromatic rings. The van der Waals surface area contributed by atoms with Crippen molar-refractivity contribution in [2.45, 2.75) is 24.1 Å². The minimum atomic E-state index is -1.61. The Hall–Kier alpha value is -1.88. The molecular formula is C15H14ClFO4. The lowest BCUT2D eigenvalue weighted by molar-refractivity contribution is -0.150. The number of alkyl halides is 1. The predicted molar refractivity (Wildman–Crippen MR) is 74.9 cm³/mol. The average molecular weight is 313 g/mol. The molecule has 1 aliphatic rings. The number of rotatable bonds is 3. The van der Waals surface area contributed by atoms with E-state index in [9.17, 15) is 24.2 Å². The summed E-state index contributed by atoms with van der Waals surface area (Å²) in [5.74, 6) is -2.94. The summed E-state index contributed by atoms with van der Waals surface area (Å²) in [6.45, 7) is 1.38. The first-order valence-corrected chi connectivity index (χ1v) is 6.73. The van der Waals surface area contributed by atoms with E-state index in [1.165, 1.54) is 31.2 Å². The van der Waals surface area contributed by atoms with Crippen LogP contribution in [0, 0.1) is 11.2 Å². The van der Waals surface area contributed by atoms with Gasteiger partial charge in [0.1, 0.15) is 16.6 Å². The number of benzene rings is 1. The summed E-state index contributed by atoms with van der Waals surface area (Å²) in [4.78, 5) is 23.4. The van der Waals surface area contributed by atoms with E-state index >= 15 is 0 Å². The highest BCUT2D eigenvalue weighted by Crippen LogP contribution is 2.48. The molecule has 1 aromatic carbocycles. The molecular weight excluding hydrogens is 299 g/mol. The first-order valence-electron chi connectivity index (χ1n) is 6.30. The summed E-state index contributed by atoms with van der Waals surface area (Å²) in [6, 6.07) is 4.95. The maximum atomic E-state index is 13.1. The van der Waals surface area contributed by atoms with Gasteiger partial charge >= 0.3 is 11.9 Å². The highest BCUT2D eigenvalue weighted by atomic mass is 35.5. The molecule has 112 valence electrons. The molecule has 0 aromatic heterocycles. The lowest BCUT2D eigenvalue weighted by Crippen LogP contribution is -2.55. The Balaban J connectivity index is 2.64. The largest absolute Gasteiger partial charge is 0.481 e. The molecule has 2 N–H and O–H groups in total. The molecule has 0 spiro atoms. The SMILES string of the molecule is CC1(C(=O)O)C=CCC(C(=O)O)(c2ccc(F)cc2)C1Cl. The van der Waals surface area contributed by atoms with Crippen molar-refractivity contribution in [3.05, 3.63) is 47.8 Å². The Morgan fingerprint density at radius 1 is 1.24 bits per heavy atom. The van der Waals surface area contributed by atoms with Gasteiger partial charge in [-0.1, -0.05) is 24.3 Å². The van der Waals surface area contributed by atoms with Crippen LogP contribution in [0.3, 0.4) is 0 Å². The van der Waals surface area contributed by atoms with E-state index in [-0.39, 0.29) is 12.0 Å². The van der Waals surface area contributed by atoms with E-state index in [0.717, 1.165) is 12.1 Å². The molecule has 3 atom stereocenters. The Labute approximate surface area is 125 Å². The smallest absolute Gasteiger partial charge is 0.316 e. The molecule has 0 amide bonds. The number of halogens is 2. The molecule has 0 bridgehead atoms. The molecule has 3 unspecified atom stereocenters. The minimum Gasteiger partial charge on any atom is -0.481 e. The van der Waals surface area contributed by atoms with Crippen LogP contribution in [-0.4, -0.2) is 27.5 Å². The number of carboxylic acids is 2. The summed E-state index contributed by atoms with van der Waals surface area (Å²) in [5.41, 5.74) is -2.85. The molecule has 0 radical (unpaired) electrons. The first-order chi connectivity index (χ1) is 9.75. The third-order valence-electron chi connectivity index (χ3n) is 4.06. The highest BCUT2D eigenvalue weighted by Gasteiger charge is 2.57. The zero-order valence-electron chi connectivity index (χ0n) is 11.2. The maximum absolute atomic E-state index is 13.1. The average Bonchev–Trinajstić information content (AvgIpc) is 2.42. The lowest BCUT2D eigenvalue weighted by atomic mass is 9.62. The molecule has 0 saturated carbocycles. The molecule has 6 heteroatoms. The molecule has 21 heavy (non-hydrogen) atoms. The van der Waals surface area contributed by atoms with Crippen molar-refractivity contribution in [3.63, 3.8) is 0 Å². The number of aliphatic carboxylic acids is 2. The fraction of sp³-hybridized carbons (Fsp3) is 0.333. The van der Waals surface area contributed by atoms with E-state index in [1.807, 2.05) is 0 Å². The van der Waals surface area contributed by atoms with Gasteiger partial charge in [-0.15, -0.1) is 11.6 Å². The van der Waals surface area contributed by atoms with Crippen LogP contribution in [0.2, 0.25) is 0 Å². The van der Waals surface area contributed by atoms with Gasteiger partial charge in [0.05, 0.1) is 5.38 Å². The van der Waals surface area contributed by atoms with Gasteiger partial charge in [0, 0.05) is 0 Å². The first kappa shape index (κ1) is 15.5. The molecule has 1 aliphatic carbocycles. The van der Waals surface area contributed by atoms with Crippen LogP contribution < -0.4 is 0 Å². The quantitative estimate of drug-likeness (QED) is 0.665. The topological polar surface area (TPSA) is 74.6 Å². The van der Waals surface area contributed by atoms with Crippen molar-refractivity contribution >= 4 is 23.5 Å². The number of hydrogen-bond donors (Lipinski definition) is 2. The maximum Gasteiger partial charge on any atom is 0.316 e. The molecule has 0 heterocycles. The molecule has 0 aliphatic heterocycles. The standard InChI is InChI=1S/C15H14ClFO4/c1-14(12(18)19)7-2-8-15(11(14)16,13(20)21)9-3-5-10(17)6-4-9/h2-7,11H,8H2,1H3,(H,18,19)(H,20,21). The highest BCUT2D eigenvalue weighted by molar-refractivity contribution is 6.25. The fourth-order valence-corrected chi connectivity index (χ4v) is 3.17. The van der Waals surface area contributed by atoms with Crippen LogP contribution in [0.5, 0.6) is 0 Å². The van der Waals surface area contributed by atoms with Crippen molar-refractivity contribution in [1.82, 2.24) is 0 Å².